The van der Waals surface area contributed by atoms with Crippen LogP contribution in [0.3, 0.4) is 0 Å². The fourth-order valence-electron chi connectivity index (χ4n) is 2.38. The second-order valence-electron chi connectivity index (χ2n) is 4.54. The van der Waals surface area contributed by atoms with Crippen molar-refractivity contribution in [3.8, 4) is 0 Å². The number of aromatic nitrogens is 1. The summed E-state index contributed by atoms with van der Waals surface area (Å²) in [5.74, 6) is 0.617. The van der Waals surface area contributed by atoms with Crippen molar-refractivity contribution >= 4 is 22.9 Å². The molecule has 0 spiro atoms. The molecule has 2 aromatic rings. The summed E-state index contributed by atoms with van der Waals surface area (Å²) in [7, 11) is 0. The molecule has 1 aromatic heterocycles. The summed E-state index contributed by atoms with van der Waals surface area (Å²) in [6.07, 6.45) is 3.37. The molecule has 0 N–H and O–H groups in total. The highest BCUT2D eigenvalue weighted by atomic mass is 32.1. The van der Waals surface area contributed by atoms with Gasteiger partial charge in [-0.2, -0.15) is 0 Å². The van der Waals surface area contributed by atoms with E-state index in [1.807, 2.05) is 46.8 Å². The molecule has 1 aliphatic heterocycles. The summed E-state index contributed by atoms with van der Waals surface area (Å²) in [6, 6.07) is 9.89. The molecular weight excluding hydrogens is 244 g/mol. The SMILES string of the molecule is O=C1C[C@@H](Cc2nccs2)CN1c1ccccc1. The second-order valence-corrected chi connectivity index (χ2v) is 5.52. The lowest BCUT2D eigenvalue weighted by atomic mass is 10.1. The first-order valence-corrected chi connectivity index (χ1v) is 6.94. The van der Waals surface area contributed by atoms with E-state index < -0.39 is 0 Å². The number of carbonyl (C=O) groups is 1. The topological polar surface area (TPSA) is 33.2 Å². The van der Waals surface area contributed by atoms with Crippen molar-refractivity contribution < 1.29 is 4.79 Å². The number of hydrogen-bond donors (Lipinski definition) is 0. The molecule has 3 nitrogen and oxygen atoms in total. The highest BCUT2D eigenvalue weighted by Crippen LogP contribution is 2.27. The maximum Gasteiger partial charge on any atom is 0.227 e. The first-order chi connectivity index (χ1) is 8.83. The summed E-state index contributed by atoms with van der Waals surface area (Å²) in [4.78, 5) is 18.2. The van der Waals surface area contributed by atoms with E-state index in [0.29, 0.717) is 12.3 Å². The van der Waals surface area contributed by atoms with Crippen LogP contribution in [0.15, 0.2) is 41.9 Å². The van der Waals surface area contributed by atoms with Crippen LogP contribution in [0.5, 0.6) is 0 Å². The van der Waals surface area contributed by atoms with E-state index in [1.165, 1.54) is 0 Å². The number of benzene rings is 1. The van der Waals surface area contributed by atoms with Gasteiger partial charge in [-0.3, -0.25) is 4.79 Å². The predicted molar refractivity (Wildman–Crippen MR) is 72.7 cm³/mol. The van der Waals surface area contributed by atoms with E-state index in [9.17, 15) is 4.79 Å². The zero-order chi connectivity index (χ0) is 12.4. The van der Waals surface area contributed by atoms with Crippen LogP contribution in [0.2, 0.25) is 0 Å². The molecule has 18 heavy (non-hydrogen) atoms. The van der Waals surface area contributed by atoms with Gasteiger partial charge < -0.3 is 4.90 Å². The van der Waals surface area contributed by atoms with Gasteiger partial charge in [0.1, 0.15) is 0 Å². The van der Waals surface area contributed by atoms with Crippen molar-refractivity contribution in [3.05, 3.63) is 46.9 Å². The Labute approximate surface area is 110 Å². The zero-order valence-corrected chi connectivity index (χ0v) is 10.8. The second kappa shape index (κ2) is 4.90. The standard InChI is InChI=1S/C14H14N2OS/c17-14-9-11(8-13-15-6-7-18-13)10-16(14)12-4-2-1-3-5-12/h1-7,11H,8-10H2/t11-/m1/s1. The third-order valence-corrected chi connectivity index (χ3v) is 4.02. The Kier molecular flexibility index (Phi) is 3.11. The van der Waals surface area contributed by atoms with Gasteiger partial charge in [0, 0.05) is 36.7 Å². The smallest absolute Gasteiger partial charge is 0.227 e. The molecule has 3 rings (SSSR count). The summed E-state index contributed by atoms with van der Waals surface area (Å²) < 4.78 is 0. The summed E-state index contributed by atoms with van der Waals surface area (Å²) in [5.41, 5.74) is 1.00. The summed E-state index contributed by atoms with van der Waals surface area (Å²) in [6.45, 7) is 0.808. The van der Waals surface area contributed by atoms with Crippen molar-refractivity contribution in [2.75, 3.05) is 11.4 Å². The van der Waals surface area contributed by atoms with Gasteiger partial charge >= 0.3 is 0 Å². The van der Waals surface area contributed by atoms with Gasteiger partial charge in [-0.15, -0.1) is 11.3 Å². The maximum atomic E-state index is 12.0. The lowest BCUT2D eigenvalue weighted by Gasteiger charge is -2.16. The quantitative estimate of drug-likeness (QED) is 0.848. The summed E-state index contributed by atoms with van der Waals surface area (Å²) >= 11 is 1.67. The first kappa shape index (κ1) is 11.4. The molecule has 1 aliphatic rings. The minimum Gasteiger partial charge on any atom is -0.312 e. The number of nitrogens with zero attached hydrogens (tertiary/aromatic N) is 2. The lowest BCUT2D eigenvalue weighted by molar-refractivity contribution is -0.117. The fraction of sp³-hybridized carbons (Fsp3) is 0.286. The van der Waals surface area contributed by atoms with Crippen molar-refractivity contribution in [1.82, 2.24) is 4.98 Å². The molecule has 92 valence electrons. The molecule has 1 aromatic carbocycles. The van der Waals surface area contributed by atoms with Crippen LogP contribution in [0.25, 0.3) is 0 Å². The Morgan fingerprint density at radius 3 is 2.89 bits per heavy atom. The monoisotopic (exact) mass is 258 g/mol. The molecule has 4 heteroatoms. The Morgan fingerprint density at radius 1 is 1.33 bits per heavy atom. The molecule has 1 saturated heterocycles. The number of thiazole rings is 1. The molecule has 1 atom stereocenters. The van der Waals surface area contributed by atoms with Crippen LogP contribution in [0.4, 0.5) is 5.69 Å². The van der Waals surface area contributed by atoms with Crippen molar-refractivity contribution in [1.29, 1.82) is 0 Å². The average Bonchev–Trinajstić information content (AvgIpc) is 3.01. The van der Waals surface area contributed by atoms with E-state index in [4.69, 9.17) is 0 Å². The Hall–Kier alpha value is -1.68. The lowest BCUT2D eigenvalue weighted by Crippen LogP contribution is -2.24. The van der Waals surface area contributed by atoms with E-state index >= 15 is 0 Å². The first-order valence-electron chi connectivity index (χ1n) is 6.07. The molecule has 0 bridgehead atoms. The third-order valence-electron chi connectivity index (χ3n) is 3.22. The van der Waals surface area contributed by atoms with Crippen molar-refractivity contribution in [2.45, 2.75) is 12.8 Å². The highest BCUT2D eigenvalue weighted by Gasteiger charge is 2.30. The van der Waals surface area contributed by atoms with Gasteiger partial charge in [0.25, 0.3) is 0 Å². The zero-order valence-electron chi connectivity index (χ0n) is 9.95. The van der Waals surface area contributed by atoms with Gasteiger partial charge in [-0.1, -0.05) is 18.2 Å². The molecule has 2 heterocycles. The highest BCUT2D eigenvalue weighted by molar-refractivity contribution is 7.09. The minimum atomic E-state index is 0.225. The Balaban J connectivity index is 1.71. The van der Waals surface area contributed by atoms with Crippen LogP contribution in [0.1, 0.15) is 11.4 Å². The maximum absolute atomic E-state index is 12.0. The fourth-order valence-corrected chi connectivity index (χ4v) is 3.11. The Bertz CT molecular complexity index is 524. The molecule has 0 aliphatic carbocycles. The van der Waals surface area contributed by atoms with Crippen LogP contribution in [-0.4, -0.2) is 17.4 Å². The third kappa shape index (κ3) is 2.29. The van der Waals surface area contributed by atoms with Crippen LogP contribution >= 0.6 is 11.3 Å². The van der Waals surface area contributed by atoms with Gasteiger partial charge in [0.05, 0.1) is 5.01 Å². The number of para-hydroxylation sites is 1. The molecule has 0 unspecified atom stereocenters. The van der Waals surface area contributed by atoms with E-state index in [0.717, 1.165) is 23.7 Å². The predicted octanol–water partition coefficient (Wildman–Crippen LogP) is 2.74. The number of hydrogen-bond acceptors (Lipinski definition) is 3. The summed E-state index contributed by atoms with van der Waals surface area (Å²) in [5, 5.41) is 3.11. The van der Waals surface area contributed by atoms with Crippen LogP contribution in [0, 0.1) is 5.92 Å². The Morgan fingerprint density at radius 2 is 2.17 bits per heavy atom. The van der Waals surface area contributed by atoms with Crippen LogP contribution in [-0.2, 0) is 11.2 Å². The largest absolute Gasteiger partial charge is 0.312 e. The van der Waals surface area contributed by atoms with E-state index in [1.54, 1.807) is 11.3 Å². The van der Waals surface area contributed by atoms with Gasteiger partial charge in [-0.25, -0.2) is 4.98 Å². The van der Waals surface area contributed by atoms with E-state index in [2.05, 4.69) is 4.98 Å². The van der Waals surface area contributed by atoms with E-state index in [-0.39, 0.29) is 5.91 Å². The average molecular weight is 258 g/mol. The number of carbonyl (C=O) groups excluding carboxylic acids is 1. The molecular formula is C14H14N2OS. The van der Waals surface area contributed by atoms with Crippen LogP contribution < -0.4 is 4.90 Å². The molecule has 1 amide bonds. The van der Waals surface area contributed by atoms with Gasteiger partial charge in [-0.05, 0) is 18.1 Å². The van der Waals surface area contributed by atoms with Crippen molar-refractivity contribution in [3.63, 3.8) is 0 Å². The number of anilines is 1. The molecule has 0 saturated carbocycles. The number of amides is 1. The molecule has 1 fully saturated rings. The van der Waals surface area contributed by atoms with Crippen molar-refractivity contribution in [2.24, 2.45) is 5.92 Å². The van der Waals surface area contributed by atoms with Gasteiger partial charge in [0.2, 0.25) is 5.91 Å². The molecule has 0 radical (unpaired) electrons. The van der Waals surface area contributed by atoms with Gasteiger partial charge in [0.15, 0.2) is 0 Å². The minimum absolute atomic E-state index is 0.225. The normalized spacial score (nSPS) is 19.4. The number of rotatable bonds is 3.